The summed E-state index contributed by atoms with van der Waals surface area (Å²) in [5.74, 6) is 0. The van der Waals surface area contributed by atoms with Gasteiger partial charge in [-0.25, -0.2) is 0 Å². The first-order valence-electron chi connectivity index (χ1n) is 26.5. The van der Waals surface area contributed by atoms with Crippen LogP contribution in [-0.2, 0) is 10.8 Å². The van der Waals surface area contributed by atoms with Gasteiger partial charge in [0, 0.05) is 27.7 Å². The summed E-state index contributed by atoms with van der Waals surface area (Å²) < 4.78 is 2.56. The lowest BCUT2D eigenvalue weighted by Crippen LogP contribution is -2.33. The van der Waals surface area contributed by atoms with Crippen LogP contribution in [0.25, 0.3) is 72.0 Å². The lowest BCUT2D eigenvalue weighted by molar-refractivity contribution is 0.748. The van der Waals surface area contributed by atoms with E-state index in [0.29, 0.717) is 0 Å². The fourth-order valence-corrected chi connectivity index (χ4v) is 14.1. The van der Waals surface area contributed by atoms with E-state index in [4.69, 9.17) is 0 Å². The molecule has 0 amide bonds. The quantitative estimate of drug-likeness (QED) is 0.155. The molecule has 0 N–H and O–H groups in total. The Morgan fingerprint density at radius 2 is 0.737 bits per heavy atom. The molecule has 0 radical (unpaired) electrons. The third kappa shape index (κ3) is 5.76. The number of nitrogens with zero attached hydrogens (tertiary/aromatic N) is 2. The molecule has 12 aromatic carbocycles. The van der Waals surface area contributed by atoms with Gasteiger partial charge in [-0.15, -0.1) is 0 Å². The van der Waals surface area contributed by atoms with E-state index in [2.05, 4.69) is 301 Å². The van der Waals surface area contributed by atoms with E-state index in [1.165, 1.54) is 105 Å². The number of fused-ring (bicyclic) bond motifs is 15. The zero-order valence-electron chi connectivity index (χ0n) is 41.6. The molecule has 2 aliphatic carbocycles. The highest BCUT2D eigenvalue weighted by atomic mass is 15.1. The van der Waals surface area contributed by atoms with E-state index < -0.39 is 10.8 Å². The van der Waals surface area contributed by atoms with Gasteiger partial charge in [0.1, 0.15) is 0 Å². The van der Waals surface area contributed by atoms with Gasteiger partial charge in [-0.2, -0.15) is 0 Å². The van der Waals surface area contributed by atoms with Crippen LogP contribution in [0.3, 0.4) is 0 Å². The summed E-state index contributed by atoms with van der Waals surface area (Å²) in [6.07, 6.45) is 0. The zero-order chi connectivity index (χ0) is 50.0. The Balaban J connectivity index is 1.00. The topological polar surface area (TPSA) is 8.17 Å². The summed E-state index contributed by atoms with van der Waals surface area (Å²) in [5.41, 5.74) is 25.8. The monoisotopic (exact) mass is 964 g/mol. The van der Waals surface area contributed by atoms with Crippen LogP contribution >= 0.6 is 0 Å². The molecule has 0 saturated carbocycles. The van der Waals surface area contributed by atoms with Crippen LogP contribution in [0.15, 0.2) is 291 Å². The second-order valence-electron chi connectivity index (χ2n) is 20.7. The van der Waals surface area contributed by atoms with Crippen molar-refractivity contribution >= 4 is 38.9 Å². The predicted molar refractivity (Wildman–Crippen MR) is 315 cm³/mol. The minimum Gasteiger partial charge on any atom is -0.310 e. The number of hydrogen-bond donors (Lipinski definition) is 0. The van der Waals surface area contributed by atoms with Gasteiger partial charge in [0.2, 0.25) is 0 Å². The summed E-state index contributed by atoms with van der Waals surface area (Å²) >= 11 is 0. The van der Waals surface area contributed by atoms with E-state index in [9.17, 15) is 0 Å². The average Bonchev–Trinajstić information content (AvgIpc) is 4.30. The third-order valence-electron chi connectivity index (χ3n) is 17.1. The number of para-hydroxylation sites is 3. The van der Waals surface area contributed by atoms with Crippen molar-refractivity contribution < 1.29 is 0 Å². The van der Waals surface area contributed by atoms with E-state index in [0.717, 1.165) is 28.2 Å². The van der Waals surface area contributed by atoms with E-state index in [-0.39, 0.29) is 0 Å². The number of benzene rings is 12. The minimum absolute atomic E-state index is 0.579. The summed E-state index contributed by atoms with van der Waals surface area (Å²) in [6.45, 7) is 0. The highest BCUT2D eigenvalue weighted by molar-refractivity contribution is 6.13. The van der Waals surface area contributed by atoms with E-state index >= 15 is 0 Å². The fraction of sp³-hybridized carbons (Fsp3) is 0.0270. The van der Waals surface area contributed by atoms with Crippen molar-refractivity contribution in [2.45, 2.75) is 10.8 Å². The van der Waals surface area contributed by atoms with Crippen LogP contribution in [0.5, 0.6) is 0 Å². The molecule has 0 atom stereocenters. The molecule has 0 bridgehead atoms. The Labute approximate surface area is 442 Å². The zero-order valence-corrected chi connectivity index (χ0v) is 41.6. The number of anilines is 3. The van der Waals surface area contributed by atoms with Crippen LogP contribution in [0.4, 0.5) is 17.1 Å². The molecule has 1 aliphatic heterocycles. The first kappa shape index (κ1) is 42.7. The van der Waals surface area contributed by atoms with Crippen molar-refractivity contribution in [2.24, 2.45) is 0 Å². The van der Waals surface area contributed by atoms with Gasteiger partial charge in [0.15, 0.2) is 0 Å². The molecule has 0 saturated heterocycles. The van der Waals surface area contributed by atoms with Gasteiger partial charge < -0.3 is 9.47 Å². The Kier molecular flexibility index (Phi) is 9.20. The molecule has 354 valence electrons. The van der Waals surface area contributed by atoms with Gasteiger partial charge in [-0.05, 0) is 126 Å². The molecule has 13 aromatic rings. The van der Waals surface area contributed by atoms with Crippen LogP contribution < -0.4 is 4.90 Å². The highest BCUT2D eigenvalue weighted by Gasteiger charge is 2.51. The molecular formula is C74H48N2. The van der Waals surface area contributed by atoms with Gasteiger partial charge in [-0.3, -0.25) is 0 Å². The van der Waals surface area contributed by atoms with Crippen LogP contribution in [0, 0.1) is 0 Å². The molecule has 2 heterocycles. The van der Waals surface area contributed by atoms with Gasteiger partial charge in [0.25, 0.3) is 0 Å². The smallest absolute Gasteiger partial charge is 0.0755 e. The normalized spacial score (nSPS) is 13.7. The summed E-state index contributed by atoms with van der Waals surface area (Å²) in [4.78, 5) is 2.55. The van der Waals surface area contributed by atoms with Crippen molar-refractivity contribution in [2.75, 3.05) is 4.90 Å². The Bertz CT molecular complexity index is 4370. The summed E-state index contributed by atoms with van der Waals surface area (Å²) in [7, 11) is 0. The van der Waals surface area contributed by atoms with E-state index in [1.54, 1.807) is 0 Å². The van der Waals surface area contributed by atoms with Crippen LogP contribution in [0.1, 0.15) is 44.5 Å². The number of rotatable bonds is 7. The Morgan fingerprint density at radius 3 is 1.39 bits per heavy atom. The molecule has 16 rings (SSSR count). The molecule has 1 aromatic heterocycles. The van der Waals surface area contributed by atoms with Crippen molar-refractivity contribution in [1.82, 2.24) is 4.57 Å². The second kappa shape index (κ2) is 16.4. The van der Waals surface area contributed by atoms with Crippen LogP contribution in [0.2, 0.25) is 0 Å². The predicted octanol–water partition coefficient (Wildman–Crippen LogP) is 18.6. The van der Waals surface area contributed by atoms with Crippen molar-refractivity contribution in [3.8, 4) is 50.2 Å². The van der Waals surface area contributed by atoms with Crippen molar-refractivity contribution in [3.05, 3.63) is 336 Å². The van der Waals surface area contributed by atoms with Crippen molar-refractivity contribution in [1.29, 1.82) is 0 Å². The number of aromatic nitrogens is 1. The maximum Gasteiger partial charge on any atom is 0.0755 e. The molecule has 2 nitrogen and oxygen atoms in total. The largest absolute Gasteiger partial charge is 0.310 e. The SMILES string of the molecule is c1ccc(-c2ccc(-c3ccccc3N(c3ccc4c(c3)C(c3ccccc3)(c3ccccc3)c3ccccc3-4)c3ccc4c(c3)C3(c5ccccc5-c5ccccc53)c3cccc5c6ccccc6n-4c35)cc2)cc1. The van der Waals surface area contributed by atoms with E-state index in [1.807, 2.05) is 0 Å². The lowest BCUT2D eigenvalue weighted by Gasteiger charge is -2.40. The van der Waals surface area contributed by atoms with Gasteiger partial charge in [-0.1, -0.05) is 249 Å². The number of hydrogen-bond acceptors (Lipinski definition) is 1. The lowest BCUT2D eigenvalue weighted by atomic mass is 9.65. The Morgan fingerprint density at radius 1 is 0.276 bits per heavy atom. The maximum absolute atomic E-state index is 2.56. The molecule has 3 aliphatic rings. The molecule has 0 fully saturated rings. The third-order valence-corrected chi connectivity index (χ3v) is 17.1. The molecule has 1 spiro atoms. The minimum atomic E-state index is -0.615. The standard InChI is InChI=1S/C74H48N2/c1-4-21-49(22-5-1)50-39-41-51(42-40-50)56-27-13-18-37-69(56)75(54-43-45-60-59-30-10-15-33-63(59)73(67(60)47-54,52-23-6-2-7-24-52)53-25-8-3-9-26-53)55-44-46-71-68(48-55)74(64-34-16-11-28-57(64)58-29-12-17-35-65(58)74)66-36-20-32-62-61-31-14-19-38-70(61)76(71)72(62)66/h1-48H. The highest BCUT2D eigenvalue weighted by Crippen LogP contribution is 2.63. The second-order valence-corrected chi connectivity index (χ2v) is 20.7. The molecule has 0 unspecified atom stereocenters. The summed E-state index contributed by atoms with van der Waals surface area (Å²) in [6, 6.07) is 109. The fourth-order valence-electron chi connectivity index (χ4n) is 14.1. The Hall–Kier alpha value is -9.76. The molecule has 76 heavy (non-hydrogen) atoms. The van der Waals surface area contributed by atoms with Gasteiger partial charge in [0.05, 0.1) is 33.2 Å². The summed E-state index contributed by atoms with van der Waals surface area (Å²) in [5, 5.41) is 2.54. The van der Waals surface area contributed by atoms with Crippen LogP contribution in [-0.4, -0.2) is 4.57 Å². The molecular weight excluding hydrogens is 917 g/mol. The first-order chi connectivity index (χ1) is 37.7. The first-order valence-corrected chi connectivity index (χ1v) is 26.5. The van der Waals surface area contributed by atoms with Gasteiger partial charge >= 0.3 is 0 Å². The average molecular weight is 965 g/mol. The van der Waals surface area contributed by atoms with Crippen molar-refractivity contribution in [3.63, 3.8) is 0 Å². The molecule has 2 heteroatoms. The maximum atomic E-state index is 2.56.